The van der Waals surface area contributed by atoms with E-state index in [0.717, 1.165) is 6.07 Å². The summed E-state index contributed by atoms with van der Waals surface area (Å²) in [7, 11) is 2.70. The summed E-state index contributed by atoms with van der Waals surface area (Å²) in [4.78, 5) is 15.9. The Morgan fingerprint density at radius 1 is 1.38 bits per heavy atom. The van der Waals surface area contributed by atoms with Crippen LogP contribution in [0.2, 0.25) is 0 Å². The monoisotopic (exact) mass is 362 g/mol. The van der Waals surface area contributed by atoms with E-state index in [1.165, 1.54) is 37.9 Å². The van der Waals surface area contributed by atoms with Crippen LogP contribution in [0.4, 0.5) is 17.6 Å². The van der Waals surface area contributed by atoms with E-state index >= 15 is 0 Å². The maximum absolute atomic E-state index is 14.3. The van der Waals surface area contributed by atoms with Crippen molar-refractivity contribution in [3.63, 3.8) is 0 Å². The van der Waals surface area contributed by atoms with E-state index in [-0.39, 0.29) is 17.1 Å². The Balaban J connectivity index is 2.44. The Labute approximate surface area is 139 Å². The SMILES string of the molecule is COC(=O)c1cnc(-c2cc(SCC(F)(F)F)c(C)cc2F)n1C. The number of halogens is 4. The predicted molar refractivity (Wildman–Crippen MR) is 81.5 cm³/mol. The Bertz CT molecular complexity index is 772. The molecular weight excluding hydrogens is 348 g/mol. The Morgan fingerprint density at radius 3 is 2.62 bits per heavy atom. The van der Waals surface area contributed by atoms with Gasteiger partial charge in [0.2, 0.25) is 0 Å². The topological polar surface area (TPSA) is 44.1 Å². The van der Waals surface area contributed by atoms with Crippen molar-refractivity contribution in [1.29, 1.82) is 0 Å². The molecule has 130 valence electrons. The highest BCUT2D eigenvalue weighted by Gasteiger charge is 2.28. The molecule has 0 aliphatic heterocycles. The van der Waals surface area contributed by atoms with Gasteiger partial charge >= 0.3 is 12.1 Å². The number of nitrogens with zero attached hydrogens (tertiary/aromatic N) is 2. The number of alkyl halides is 3. The molecule has 0 amide bonds. The van der Waals surface area contributed by atoms with Gasteiger partial charge in [-0.15, -0.1) is 11.8 Å². The highest BCUT2D eigenvalue weighted by Crippen LogP contribution is 2.34. The molecular formula is C15H14F4N2O2S. The standard InChI is InChI=1S/C15H14F4N2O2S/c1-8-4-10(16)9(5-12(8)24-7-15(17,18)19)13-20-6-11(21(13)2)14(22)23-3/h4-6H,7H2,1-3H3. The second kappa shape index (κ2) is 6.84. The molecule has 1 heterocycles. The minimum Gasteiger partial charge on any atom is -0.464 e. The second-order valence-electron chi connectivity index (χ2n) is 5.02. The highest BCUT2D eigenvalue weighted by molar-refractivity contribution is 7.99. The van der Waals surface area contributed by atoms with Crippen molar-refractivity contribution in [2.75, 3.05) is 12.9 Å². The summed E-state index contributed by atoms with van der Waals surface area (Å²) in [5.41, 5.74) is 0.521. The lowest BCUT2D eigenvalue weighted by Crippen LogP contribution is -2.11. The molecule has 9 heteroatoms. The number of benzene rings is 1. The fraction of sp³-hybridized carbons (Fsp3) is 0.333. The van der Waals surface area contributed by atoms with Crippen LogP contribution in [0.15, 0.2) is 23.2 Å². The predicted octanol–water partition coefficient (Wildman–Crippen LogP) is 3.98. The lowest BCUT2D eigenvalue weighted by molar-refractivity contribution is -0.105. The van der Waals surface area contributed by atoms with Crippen LogP contribution >= 0.6 is 11.8 Å². The smallest absolute Gasteiger partial charge is 0.398 e. The van der Waals surface area contributed by atoms with Crippen LogP contribution in [0, 0.1) is 12.7 Å². The van der Waals surface area contributed by atoms with Crippen molar-refractivity contribution in [3.05, 3.63) is 35.4 Å². The van der Waals surface area contributed by atoms with E-state index in [1.54, 1.807) is 0 Å². The average Bonchev–Trinajstić information content (AvgIpc) is 2.86. The number of aryl methyl sites for hydroxylation is 1. The van der Waals surface area contributed by atoms with Crippen LogP contribution < -0.4 is 0 Å². The van der Waals surface area contributed by atoms with E-state index in [1.807, 2.05) is 0 Å². The number of carbonyl (C=O) groups is 1. The van der Waals surface area contributed by atoms with Crippen LogP contribution in [0.3, 0.4) is 0 Å². The van der Waals surface area contributed by atoms with E-state index < -0.39 is 23.7 Å². The molecule has 0 saturated carbocycles. The average molecular weight is 362 g/mol. The third kappa shape index (κ3) is 3.89. The fourth-order valence-corrected chi connectivity index (χ4v) is 2.90. The normalized spacial score (nSPS) is 11.6. The number of carbonyl (C=O) groups excluding carboxylic acids is 1. The molecule has 0 atom stereocenters. The molecule has 0 unspecified atom stereocenters. The lowest BCUT2D eigenvalue weighted by Gasteiger charge is -2.12. The maximum atomic E-state index is 14.3. The number of esters is 1. The van der Waals surface area contributed by atoms with E-state index in [0.29, 0.717) is 22.2 Å². The molecule has 0 N–H and O–H groups in total. The van der Waals surface area contributed by atoms with Gasteiger partial charge < -0.3 is 9.30 Å². The van der Waals surface area contributed by atoms with E-state index in [2.05, 4.69) is 9.72 Å². The Morgan fingerprint density at radius 2 is 2.04 bits per heavy atom. The third-order valence-corrected chi connectivity index (χ3v) is 4.50. The van der Waals surface area contributed by atoms with Crippen LogP contribution in [0.1, 0.15) is 16.1 Å². The lowest BCUT2D eigenvalue weighted by atomic mass is 10.1. The number of imidazole rings is 1. The quantitative estimate of drug-likeness (QED) is 0.469. The fourth-order valence-electron chi connectivity index (χ4n) is 2.09. The molecule has 0 aliphatic carbocycles. The molecule has 0 saturated heterocycles. The first kappa shape index (κ1) is 18.3. The van der Waals surface area contributed by atoms with Gasteiger partial charge in [0, 0.05) is 11.9 Å². The van der Waals surface area contributed by atoms with Crippen LogP contribution in [0.5, 0.6) is 0 Å². The van der Waals surface area contributed by atoms with Gasteiger partial charge in [-0.2, -0.15) is 13.2 Å². The summed E-state index contributed by atoms with van der Waals surface area (Å²) in [6, 6.07) is 2.46. The number of thioether (sulfide) groups is 1. The van der Waals surface area contributed by atoms with Crippen molar-refractivity contribution in [1.82, 2.24) is 9.55 Å². The Hall–Kier alpha value is -2.03. The minimum atomic E-state index is -4.33. The van der Waals surface area contributed by atoms with Crippen molar-refractivity contribution < 1.29 is 27.1 Å². The molecule has 24 heavy (non-hydrogen) atoms. The van der Waals surface area contributed by atoms with Crippen LogP contribution in [-0.2, 0) is 11.8 Å². The summed E-state index contributed by atoms with van der Waals surface area (Å²) in [5, 5.41) is 0. The summed E-state index contributed by atoms with van der Waals surface area (Å²) >= 11 is 0.575. The van der Waals surface area contributed by atoms with Gasteiger partial charge in [0.05, 0.1) is 24.6 Å². The number of ether oxygens (including phenoxy) is 1. The van der Waals surface area contributed by atoms with Gasteiger partial charge in [-0.05, 0) is 24.6 Å². The van der Waals surface area contributed by atoms with Crippen molar-refractivity contribution in [3.8, 4) is 11.4 Å². The number of methoxy groups -OCH3 is 1. The molecule has 0 bridgehead atoms. The number of hydrogen-bond donors (Lipinski definition) is 0. The first-order valence-electron chi connectivity index (χ1n) is 6.74. The van der Waals surface area contributed by atoms with Crippen molar-refractivity contribution in [2.45, 2.75) is 18.0 Å². The molecule has 1 aromatic carbocycles. The first-order chi connectivity index (χ1) is 11.1. The van der Waals surface area contributed by atoms with Gasteiger partial charge in [0.15, 0.2) is 0 Å². The van der Waals surface area contributed by atoms with Gasteiger partial charge in [-0.3, -0.25) is 0 Å². The minimum absolute atomic E-state index is 0.0166. The van der Waals surface area contributed by atoms with Gasteiger partial charge in [-0.1, -0.05) is 0 Å². The summed E-state index contributed by atoms with van der Waals surface area (Å²) in [6.07, 6.45) is -3.10. The molecule has 0 aliphatic rings. The molecule has 0 fully saturated rings. The first-order valence-corrected chi connectivity index (χ1v) is 7.72. The van der Waals surface area contributed by atoms with Gasteiger partial charge in [0.25, 0.3) is 0 Å². The summed E-state index contributed by atoms with van der Waals surface area (Å²) in [5.74, 6) is -2.22. The maximum Gasteiger partial charge on any atom is 0.398 e. The largest absolute Gasteiger partial charge is 0.464 e. The van der Waals surface area contributed by atoms with Gasteiger partial charge in [0.1, 0.15) is 17.3 Å². The van der Waals surface area contributed by atoms with Gasteiger partial charge in [-0.25, -0.2) is 14.2 Å². The zero-order valence-electron chi connectivity index (χ0n) is 13.1. The number of rotatable bonds is 4. The van der Waals surface area contributed by atoms with Crippen LogP contribution in [0.25, 0.3) is 11.4 Å². The molecule has 4 nitrogen and oxygen atoms in total. The van der Waals surface area contributed by atoms with Crippen molar-refractivity contribution in [2.24, 2.45) is 7.05 Å². The zero-order chi connectivity index (χ0) is 18.1. The summed E-state index contributed by atoms with van der Waals surface area (Å²) in [6.45, 7) is 1.53. The number of hydrogen-bond acceptors (Lipinski definition) is 4. The molecule has 0 radical (unpaired) electrons. The molecule has 2 rings (SSSR count). The van der Waals surface area contributed by atoms with E-state index in [4.69, 9.17) is 0 Å². The third-order valence-electron chi connectivity index (χ3n) is 3.28. The van der Waals surface area contributed by atoms with Crippen LogP contribution in [-0.4, -0.2) is 34.6 Å². The Kier molecular flexibility index (Phi) is 5.22. The van der Waals surface area contributed by atoms with E-state index in [9.17, 15) is 22.4 Å². The summed E-state index contributed by atoms with van der Waals surface area (Å²) < 4.78 is 57.4. The molecule has 2 aromatic rings. The highest BCUT2D eigenvalue weighted by atomic mass is 32.2. The molecule has 1 aromatic heterocycles. The second-order valence-corrected chi connectivity index (χ2v) is 6.04. The number of aromatic nitrogens is 2. The van der Waals surface area contributed by atoms with Crippen molar-refractivity contribution >= 4 is 17.7 Å². The molecule has 0 spiro atoms. The zero-order valence-corrected chi connectivity index (χ0v) is 13.9.